The number of ether oxygens (including phenoxy) is 1. The van der Waals surface area contributed by atoms with Crippen molar-refractivity contribution in [3.63, 3.8) is 0 Å². The molecule has 0 radical (unpaired) electrons. The van der Waals surface area contributed by atoms with Gasteiger partial charge in [0.1, 0.15) is 5.82 Å². The first-order valence-electron chi connectivity index (χ1n) is 10.5. The van der Waals surface area contributed by atoms with Gasteiger partial charge in [-0.15, -0.1) is 0 Å². The number of rotatable bonds is 7. The van der Waals surface area contributed by atoms with Crippen LogP contribution in [0, 0.1) is 0 Å². The number of aromatic nitrogens is 3. The van der Waals surface area contributed by atoms with Crippen LogP contribution in [0.15, 0.2) is 42.6 Å². The number of carbonyl (C=O) groups excluding carboxylic acids is 1. The molecule has 1 aliphatic rings. The molecule has 1 aromatic carbocycles. The molecule has 10 heteroatoms. The minimum Gasteiger partial charge on any atom is -0.379 e. The van der Waals surface area contributed by atoms with Crippen LogP contribution in [-0.2, 0) is 22.1 Å². The molecule has 170 valence electrons. The number of pyridine rings is 1. The molecule has 1 unspecified atom stereocenters. The van der Waals surface area contributed by atoms with Crippen molar-refractivity contribution in [3.05, 3.63) is 59.5 Å². The molecule has 1 atom stereocenters. The quantitative estimate of drug-likeness (QED) is 0.582. The topological polar surface area (TPSA) is 83.1 Å². The second-order valence-corrected chi connectivity index (χ2v) is 7.65. The summed E-state index contributed by atoms with van der Waals surface area (Å²) in [6.45, 7) is 2.68. The number of alkyl halides is 3. The minimum atomic E-state index is -4.38. The highest BCUT2D eigenvalue weighted by atomic mass is 19.4. The van der Waals surface area contributed by atoms with Gasteiger partial charge in [0, 0.05) is 38.7 Å². The van der Waals surface area contributed by atoms with E-state index in [0.717, 1.165) is 23.2 Å². The molecule has 1 fully saturated rings. The van der Waals surface area contributed by atoms with E-state index in [1.807, 2.05) is 12.1 Å². The van der Waals surface area contributed by atoms with Crippen molar-refractivity contribution in [1.29, 1.82) is 0 Å². The van der Waals surface area contributed by atoms with Crippen LogP contribution in [0.1, 0.15) is 29.4 Å². The van der Waals surface area contributed by atoms with E-state index < -0.39 is 11.7 Å². The smallest absolute Gasteiger partial charge is 0.379 e. The van der Waals surface area contributed by atoms with Crippen LogP contribution in [0.2, 0.25) is 0 Å². The van der Waals surface area contributed by atoms with Crippen molar-refractivity contribution in [2.45, 2.75) is 25.1 Å². The Morgan fingerprint density at radius 1 is 1.19 bits per heavy atom. The van der Waals surface area contributed by atoms with Gasteiger partial charge in [-0.3, -0.25) is 9.69 Å². The summed E-state index contributed by atoms with van der Waals surface area (Å²) in [6, 6.07) is 8.58. The second kappa shape index (κ2) is 9.66. The predicted molar refractivity (Wildman–Crippen MR) is 112 cm³/mol. The van der Waals surface area contributed by atoms with Gasteiger partial charge in [0.15, 0.2) is 5.65 Å². The standard InChI is InChI=1S/C22H24F3N5O2/c23-22(24,25)16-5-3-15(4-6-16)18(30-10-12-32-13-11-30)14-27-20(31)8-7-19-28-17-2-1-9-26-21(17)29-19/h1-6,9,18H,7-8,10-14H2,(H,27,31)(H,26,28,29). The van der Waals surface area contributed by atoms with Crippen LogP contribution >= 0.6 is 0 Å². The maximum absolute atomic E-state index is 12.9. The highest BCUT2D eigenvalue weighted by Gasteiger charge is 2.31. The Morgan fingerprint density at radius 2 is 1.94 bits per heavy atom. The lowest BCUT2D eigenvalue weighted by atomic mass is 10.0. The van der Waals surface area contributed by atoms with Crippen LogP contribution in [0.3, 0.4) is 0 Å². The fourth-order valence-electron chi connectivity index (χ4n) is 3.79. The van der Waals surface area contributed by atoms with Crippen molar-refractivity contribution >= 4 is 17.1 Å². The molecule has 0 spiro atoms. The van der Waals surface area contributed by atoms with E-state index in [4.69, 9.17) is 4.74 Å². The number of halogens is 3. The van der Waals surface area contributed by atoms with Crippen LogP contribution in [0.4, 0.5) is 13.2 Å². The number of hydrogen-bond acceptors (Lipinski definition) is 5. The maximum atomic E-state index is 12.9. The van der Waals surface area contributed by atoms with Crippen molar-refractivity contribution in [1.82, 2.24) is 25.2 Å². The van der Waals surface area contributed by atoms with E-state index in [1.54, 1.807) is 6.20 Å². The number of morpholine rings is 1. The summed E-state index contributed by atoms with van der Waals surface area (Å²) in [5.41, 5.74) is 1.46. The summed E-state index contributed by atoms with van der Waals surface area (Å²) < 4.78 is 44.2. The summed E-state index contributed by atoms with van der Waals surface area (Å²) in [7, 11) is 0. The zero-order valence-electron chi connectivity index (χ0n) is 17.4. The van der Waals surface area contributed by atoms with Crippen molar-refractivity contribution in [3.8, 4) is 0 Å². The van der Waals surface area contributed by atoms with Gasteiger partial charge in [0.05, 0.1) is 30.3 Å². The minimum absolute atomic E-state index is 0.149. The molecule has 0 saturated carbocycles. The second-order valence-electron chi connectivity index (χ2n) is 7.65. The Labute approximate surface area is 183 Å². The number of fused-ring (bicyclic) bond motifs is 1. The van der Waals surface area contributed by atoms with Gasteiger partial charge in [0.2, 0.25) is 5.91 Å². The van der Waals surface area contributed by atoms with E-state index in [9.17, 15) is 18.0 Å². The Hall–Kier alpha value is -2.98. The third-order valence-electron chi connectivity index (χ3n) is 5.50. The van der Waals surface area contributed by atoms with Gasteiger partial charge in [-0.1, -0.05) is 12.1 Å². The molecule has 1 aliphatic heterocycles. The SMILES string of the molecule is O=C(CCc1nc2ncccc2[nH]1)NCC(c1ccc(C(F)(F)F)cc1)N1CCOCC1. The average molecular weight is 447 g/mol. The van der Waals surface area contributed by atoms with E-state index in [2.05, 4.69) is 25.2 Å². The summed E-state index contributed by atoms with van der Waals surface area (Å²) in [5.74, 6) is 0.532. The molecule has 32 heavy (non-hydrogen) atoms. The predicted octanol–water partition coefficient (Wildman–Crippen LogP) is 3.10. The lowest BCUT2D eigenvalue weighted by Crippen LogP contribution is -2.43. The summed E-state index contributed by atoms with van der Waals surface area (Å²) >= 11 is 0. The Morgan fingerprint density at radius 3 is 2.62 bits per heavy atom. The normalized spacial score (nSPS) is 16.2. The molecule has 4 rings (SSSR count). The van der Waals surface area contributed by atoms with Gasteiger partial charge in [-0.2, -0.15) is 13.2 Å². The number of H-pyrrole nitrogens is 1. The third kappa shape index (κ3) is 5.43. The number of aryl methyl sites for hydroxylation is 1. The number of hydrogen-bond donors (Lipinski definition) is 2. The number of imidazole rings is 1. The summed E-state index contributed by atoms with van der Waals surface area (Å²) in [4.78, 5) is 26.3. The Kier molecular flexibility index (Phi) is 6.71. The monoisotopic (exact) mass is 447 g/mol. The summed E-state index contributed by atoms with van der Waals surface area (Å²) in [6.07, 6.45) is -2.05. The first-order chi connectivity index (χ1) is 15.4. The fraction of sp³-hybridized carbons (Fsp3) is 0.409. The number of carbonyl (C=O) groups is 1. The number of amides is 1. The molecule has 2 N–H and O–H groups in total. The number of nitrogens with one attached hydrogen (secondary N) is 2. The molecule has 3 heterocycles. The van der Waals surface area contributed by atoms with Crippen LogP contribution in [0.25, 0.3) is 11.2 Å². The lowest BCUT2D eigenvalue weighted by Gasteiger charge is -2.35. The van der Waals surface area contributed by atoms with Crippen molar-refractivity contribution < 1.29 is 22.7 Å². The molecule has 3 aromatic rings. The Balaban J connectivity index is 1.38. The zero-order valence-corrected chi connectivity index (χ0v) is 17.4. The largest absolute Gasteiger partial charge is 0.416 e. The van der Waals surface area contributed by atoms with Gasteiger partial charge in [0.25, 0.3) is 0 Å². The Bertz CT molecular complexity index is 1010. The maximum Gasteiger partial charge on any atom is 0.416 e. The van der Waals surface area contributed by atoms with E-state index in [-0.39, 0.29) is 18.4 Å². The van der Waals surface area contributed by atoms with Crippen molar-refractivity contribution in [2.75, 3.05) is 32.8 Å². The number of nitrogens with zero attached hydrogens (tertiary/aromatic N) is 3. The number of benzene rings is 1. The molecule has 1 saturated heterocycles. The zero-order chi connectivity index (χ0) is 22.6. The third-order valence-corrected chi connectivity index (χ3v) is 5.50. The van der Waals surface area contributed by atoms with E-state index in [0.29, 0.717) is 50.7 Å². The fourth-order valence-corrected chi connectivity index (χ4v) is 3.79. The first kappa shape index (κ1) is 22.2. The van der Waals surface area contributed by atoms with E-state index in [1.165, 1.54) is 12.1 Å². The molecule has 0 aliphatic carbocycles. The van der Waals surface area contributed by atoms with E-state index >= 15 is 0 Å². The van der Waals surface area contributed by atoms with Gasteiger partial charge < -0.3 is 15.0 Å². The van der Waals surface area contributed by atoms with Crippen LogP contribution in [-0.4, -0.2) is 58.6 Å². The van der Waals surface area contributed by atoms with Crippen LogP contribution < -0.4 is 5.32 Å². The molecule has 2 aromatic heterocycles. The van der Waals surface area contributed by atoms with Crippen molar-refractivity contribution in [2.24, 2.45) is 0 Å². The summed E-state index contributed by atoms with van der Waals surface area (Å²) in [5, 5.41) is 2.93. The molecule has 0 bridgehead atoms. The lowest BCUT2D eigenvalue weighted by molar-refractivity contribution is -0.137. The molecule has 1 amide bonds. The molecular formula is C22H24F3N5O2. The van der Waals surface area contributed by atoms with Gasteiger partial charge in [-0.05, 0) is 29.8 Å². The highest BCUT2D eigenvalue weighted by Crippen LogP contribution is 2.31. The van der Waals surface area contributed by atoms with Crippen LogP contribution in [0.5, 0.6) is 0 Å². The first-order valence-corrected chi connectivity index (χ1v) is 10.5. The van der Waals surface area contributed by atoms with Gasteiger partial charge in [-0.25, -0.2) is 9.97 Å². The van der Waals surface area contributed by atoms with Gasteiger partial charge >= 0.3 is 6.18 Å². The highest BCUT2D eigenvalue weighted by molar-refractivity contribution is 5.76. The molecule has 7 nitrogen and oxygen atoms in total. The number of aromatic amines is 1. The average Bonchev–Trinajstić information content (AvgIpc) is 3.21. The molecular weight excluding hydrogens is 423 g/mol.